The summed E-state index contributed by atoms with van der Waals surface area (Å²) < 4.78 is 106. The van der Waals surface area contributed by atoms with Crippen molar-refractivity contribution in [3.8, 4) is 0 Å². The second-order valence-electron chi connectivity index (χ2n) is 21.9. The Bertz CT molecular complexity index is 2040. The Balaban J connectivity index is 0.000000379. The Morgan fingerprint density at radius 1 is 0.348 bits per heavy atom. The molecule has 0 atom stereocenters. The van der Waals surface area contributed by atoms with Gasteiger partial charge in [-0.1, -0.05) is 71.9 Å². The number of hydrogen-bond donors (Lipinski definition) is 0. The summed E-state index contributed by atoms with van der Waals surface area (Å²) in [5.74, 6) is -5.91. The number of esters is 6. The molecule has 1 aromatic carbocycles. The van der Waals surface area contributed by atoms with Crippen LogP contribution in [0.4, 0.5) is 0 Å². The van der Waals surface area contributed by atoms with Gasteiger partial charge in [0.15, 0.2) is 23.1 Å². The van der Waals surface area contributed by atoms with E-state index in [0.29, 0.717) is 164 Å². The van der Waals surface area contributed by atoms with E-state index >= 15 is 0 Å². The molecule has 92 heavy (non-hydrogen) atoms. The van der Waals surface area contributed by atoms with E-state index in [-0.39, 0.29) is 87.6 Å². The minimum absolute atomic E-state index is 0.0512. The molecule has 0 radical (unpaired) electrons. The Labute approximate surface area is 546 Å². The molecular formula is C66H112O26. The fourth-order valence-corrected chi connectivity index (χ4v) is 9.46. The van der Waals surface area contributed by atoms with Gasteiger partial charge in [0.1, 0.15) is 26.1 Å². The first kappa shape index (κ1) is 83.6. The highest BCUT2D eigenvalue weighted by atomic mass is 16.8. The van der Waals surface area contributed by atoms with E-state index in [2.05, 4.69) is 13.8 Å². The van der Waals surface area contributed by atoms with Gasteiger partial charge in [-0.3, -0.25) is 28.8 Å². The Morgan fingerprint density at radius 2 is 0.587 bits per heavy atom. The average Bonchev–Trinajstić information content (AvgIpc) is 1.43. The minimum atomic E-state index is -0.999. The number of ether oxygens (including phenoxy) is 20. The van der Waals surface area contributed by atoms with Gasteiger partial charge in [-0.05, 0) is 98.0 Å². The van der Waals surface area contributed by atoms with Gasteiger partial charge in [-0.25, -0.2) is 0 Å². The van der Waals surface area contributed by atoms with Gasteiger partial charge in [0.2, 0.25) is 11.6 Å². The molecule has 0 bridgehead atoms. The zero-order valence-corrected chi connectivity index (χ0v) is 57.3. The second kappa shape index (κ2) is 47.4. The van der Waals surface area contributed by atoms with Crippen LogP contribution in [0.3, 0.4) is 0 Å². The fourth-order valence-electron chi connectivity index (χ4n) is 9.46. The standard InChI is InChI=1S/C15H20O5.C13H24O5.2C10H18O4.2C9H16O4/c1-2-18-14(16)10-15(19-8-9-20-15)12-17-11-13-6-4-3-5-7-13;1-4-16-12(14)9-13(17-7-8-18-13)10-15-6-5-11(2)3;2*1-3-10(8-9(11)12-4-2)13-6-5-7-14-10;2*1-3-9(12-5-6-13-9)7-8(10)11-4-2/h3-7H,2,8-12H2,1H3;11H,4-10H2,1-3H3;2*3-8H2,1-2H3;2*3-7H2,1-2H3. The average molecular weight is 1320 g/mol. The van der Waals surface area contributed by atoms with Crippen molar-refractivity contribution in [2.24, 2.45) is 5.92 Å². The van der Waals surface area contributed by atoms with Crippen molar-refractivity contribution < 1.29 is 124 Å². The summed E-state index contributed by atoms with van der Waals surface area (Å²) in [6.45, 7) is 33.5. The van der Waals surface area contributed by atoms with Crippen LogP contribution in [0, 0.1) is 5.92 Å². The first-order chi connectivity index (χ1) is 44.2. The van der Waals surface area contributed by atoms with Gasteiger partial charge in [-0.15, -0.1) is 0 Å². The van der Waals surface area contributed by atoms with Crippen molar-refractivity contribution in [2.75, 3.05) is 139 Å². The van der Waals surface area contributed by atoms with Gasteiger partial charge in [0.05, 0.1) is 151 Å². The molecule has 6 aliphatic heterocycles. The molecule has 0 amide bonds. The topological polar surface area (TPSA) is 287 Å². The highest BCUT2D eigenvalue weighted by molar-refractivity contribution is 5.72. The summed E-state index contributed by atoms with van der Waals surface area (Å²) in [6.07, 6.45) is 6.36. The Morgan fingerprint density at radius 3 is 0.837 bits per heavy atom. The molecular weight excluding hydrogens is 1210 g/mol. The third kappa shape index (κ3) is 33.7. The molecule has 6 fully saturated rings. The summed E-state index contributed by atoms with van der Waals surface area (Å²) in [5, 5.41) is 0. The lowest BCUT2D eigenvalue weighted by Gasteiger charge is -2.35. The lowest BCUT2D eigenvalue weighted by atomic mass is 10.1. The maximum Gasteiger partial charge on any atom is 0.311 e. The molecule has 0 saturated carbocycles. The third-order valence-electron chi connectivity index (χ3n) is 14.4. The van der Waals surface area contributed by atoms with Crippen LogP contribution in [-0.4, -0.2) is 209 Å². The smallest absolute Gasteiger partial charge is 0.311 e. The van der Waals surface area contributed by atoms with Crippen LogP contribution >= 0.6 is 0 Å². The summed E-state index contributed by atoms with van der Waals surface area (Å²) in [6, 6.07) is 9.82. The van der Waals surface area contributed by atoms with Crippen LogP contribution in [0.25, 0.3) is 0 Å². The van der Waals surface area contributed by atoms with Crippen LogP contribution in [-0.2, 0) is 130 Å². The van der Waals surface area contributed by atoms with Gasteiger partial charge < -0.3 is 94.7 Å². The minimum Gasteiger partial charge on any atom is -0.466 e. The van der Waals surface area contributed by atoms with Crippen LogP contribution < -0.4 is 0 Å². The van der Waals surface area contributed by atoms with E-state index in [4.69, 9.17) is 94.7 Å². The largest absolute Gasteiger partial charge is 0.466 e. The van der Waals surface area contributed by atoms with Gasteiger partial charge >= 0.3 is 35.8 Å². The van der Waals surface area contributed by atoms with E-state index < -0.39 is 34.7 Å². The van der Waals surface area contributed by atoms with Crippen LogP contribution in [0.15, 0.2) is 30.3 Å². The number of benzene rings is 1. The zero-order chi connectivity index (χ0) is 68.0. The summed E-state index contributed by atoms with van der Waals surface area (Å²) >= 11 is 0. The van der Waals surface area contributed by atoms with Crippen molar-refractivity contribution >= 4 is 35.8 Å². The van der Waals surface area contributed by atoms with Crippen LogP contribution in [0.1, 0.15) is 172 Å². The molecule has 532 valence electrons. The quantitative estimate of drug-likeness (QED) is 0.0381. The van der Waals surface area contributed by atoms with E-state index in [1.165, 1.54) is 0 Å². The normalized spacial score (nSPS) is 19.2. The second-order valence-corrected chi connectivity index (χ2v) is 21.9. The molecule has 0 N–H and O–H groups in total. The third-order valence-corrected chi connectivity index (χ3v) is 14.4. The van der Waals surface area contributed by atoms with E-state index in [1.807, 2.05) is 58.0 Å². The highest BCUT2D eigenvalue weighted by Crippen LogP contribution is 2.31. The lowest BCUT2D eigenvalue weighted by Crippen LogP contribution is -2.42. The number of hydrogen-bond acceptors (Lipinski definition) is 26. The van der Waals surface area contributed by atoms with Crippen molar-refractivity contribution in [3.05, 3.63) is 35.9 Å². The molecule has 0 aliphatic carbocycles. The zero-order valence-electron chi connectivity index (χ0n) is 57.3. The van der Waals surface area contributed by atoms with Gasteiger partial charge in [0.25, 0.3) is 0 Å². The molecule has 6 aliphatic rings. The first-order valence-electron chi connectivity index (χ1n) is 33.0. The van der Waals surface area contributed by atoms with Crippen LogP contribution in [0.5, 0.6) is 0 Å². The molecule has 26 heteroatoms. The first-order valence-corrected chi connectivity index (χ1v) is 33.0. The van der Waals surface area contributed by atoms with Crippen LogP contribution in [0.2, 0.25) is 0 Å². The predicted molar refractivity (Wildman–Crippen MR) is 332 cm³/mol. The van der Waals surface area contributed by atoms with E-state index in [9.17, 15) is 28.8 Å². The molecule has 0 spiro atoms. The summed E-state index contributed by atoms with van der Waals surface area (Å²) in [4.78, 5) is 68.1. The summed E-state index contributed by atoms with van der Waals surface area (Å²) in [5.41, 5.74) is 1.07. The SMILES string of the molecule is CCOC(=O)CC1(CC)OCCCO1.CCOC(=O)CC1(CC)OCCCO1.CCOC(=O)CC1(CC)OCCO1.CCOC(=O)CC1(CC)OCCO1.CCOC(=O)CC1(COCCC(C)C)OCCO1.CCOC(=O)CC1(COCc2ccccc2)OCCO1. The number of carbonyl (C=O) groups is 6. The fraction of sp³-hybridized carbons (Fsp3) is 0.818. The molecule has 0 aromatic heterocycles. The van der Waals surface area contributed by atoms with E-state index in [1.54, 1.807) is 41.5 Å². The van der Waals surface area contributed by atoms with Crippen molar-refractivity contribution in [1.29, 1.82) is 0 Å². The van der Waals surface area contributed by atoms with Crippen molar-refractivity contribution in [2.45, 2.75) is 208 Å². The molecule has 26 nitrogen and oxygen atoms in total. The maximum absolute atomic E-state index is 11.6. The Hall–Kier alpha value is -4.52. The van der Waals surface area contributed by atoms with Gasteiger partial charge in [0, 0.05) is 6.61 Å². The number of carbonyl (C=O) groups excluding carboxylic acids is 6. The Kier molecular flexibility index (Phi) is 43.0. The van der Waals surface area contributed by atoms with Crippen molar-refractivity contribution in [3.63, 3.8) is 0 Å². The van der Waals surface area contributed by atoms with E-state index in [0.717, 1.165) is 24.8 Å². The molecule has 7 rings (SSSR count). The molecule has 0 unspecified atom stereocenters. The highest BCUT2D eigenvalue weighted by Gasteiger charge is 2.43. The lowest BCUT2D eigenvalue weighted by molar-refractivity contribution is -0.271. The van der Waals surface area contributed by atoms with Crippen molar-refractivity contribution in [1.82, 2.24) is 0 Å². The molecule has 6 saturated heterocycles. The van der Waals surface area contributed by atoms with Gasteiger partial charge in [-0.2, -0.15) is 0 Å². The predicted octanol–water partition coefficient (Wildman–Crippen LogP) is 8.80. The summed E-state index contributed by atoms with van der Waals surface area (Å²) in [7, 11) is 0. The monoisotopic (exact) mass is 1320 g/mol. The molecule has 6 heterocycles. The maximum atomic E-state index is 11.6. The molecule has 1 aromatic rings. The number of rotatable bonds is 31.